The zero-order valence-electron chi connectivity index (χ0n) is 17.2. The first-order valence-corrected chi connectivity index (χ1v) is 10.8. The van der Waals surface area contributed by atoms with E-state index in [0.717, 1.165) is 31.2 Å². The molecule has 1 aromatic carbocycles. The predicted molar refractivity (Wildman–Crippen MR) is 109 cm³/mol. The molecule has 0 spiro atoms. The number of ether oxygens (including phenoxy) is 2. The molecule has 30 heavy (non-hydrogen) atoms. The Hall–Kier alpha value is -2.88. The van der Waals surface area contributed by atoms with Crippen molar-refractivity contribution in [2.45, 2.75) is 69.7 Å². The highest BCUT2D eigenvalue weighted by Crippen LogP contribution is 2.68. The van der Waals surface area contributed by atoms with Gasteiger partial charge in [-0.15, -0.1) is 0 Å². The average Bonchev–Trinajstić information content (AvgIpc) is 2.98. The summed E-state index contributed by atoms with van der Waals surface area (Å²) in [5.41, 5.74) is -2.20. The Morgan fingerprint density at radius 1 is 1.10 bits per heavy atom. The van der Waals surface area contributed by atoms with Crippen LogP contribution < -0.4 is 0 Å². The molecule has 4 rings (SSSR count). The summed E-state index contributed by atoms with van der Waals surface area (Å²) in [7, 11) is 0. The largest absolute Gasteiger partial charge is 0.447 e. The predicted octanol–water partition coefficient (Wildman–Crippen LogP) is 4.80. The van der Waals surface area contributed by atoms with Crippen LogP contribution in [0.4, 0.5) is 0 Å². The number of rotatable bonds is 5. The van der Waals surface area contributed by atoms with Gasteiger partial charge < -0.3 is 9.47 Å². The third kappa shape index (κ3) is 2.52. The molecule has 6 heteroatoms. The molecule has 1 aromatic rings. The van der Waals surface area contributed by atoms with Crippen LogP contribution in [-0.4, -0.2) is 17.8 Å². The first kappa shape index (κ1) is 20.4. The maximum atomic E-state index is 10.4. The van der Waals surface area contributed by atoms with Crippen molar-refractivity contribution < 1.29 is 9.47 Å². The Morgan fingerprint density at radius 3 is 2.47 bits per heavy atom. The lowest BCUT2D eigenvalue weighted by Crippen LogP contribution is -2.63. The molecule has 3 aliphatic rings. The molecule has 0 amide bonds. The van der Waals surface area contributed by atoms with Crippen LogP contribution in [0.3, 0.4) is 0 Å². The van der Waals surface area contributed by atoms with Crippen molar-refractivity contribution >= 4 is 5.90 Å². The third-order valence-electron chi connectivity index (χ3n) is 7.36. The van der Waals surface area contributed by atoms with Crippen molar-refractivity contribution in [2.75, 3.05) is 0 Å². The average molecular weight is 402 g/mol. The number of nitriles is 3. The zero-order chi connectivity index (χ0) is 21.4. The molecule has 3 fully saturated rings. The SMILES string of the molecule is CCCCCC1OC23CCC(c4ccccc4)CC2C(C#N)(C(=N)O3)C1(C#N)C#N. The highest BCUT2D eigenvalue weighted by Gasteiger charge is 2.80. The second-order valence-electron chi connectivity index (χ2n) is 8.73. The smallest absolute Gasteiger partial charge is 0.217 e. The molecule has 0 radical (unpaired) electrons. The van der Waals surface area contributed by atoms with Gasteiger partial charge in [0.25, 0.3) is 0 Å². The van der Waals surface area contributed by atoms with E-state index in [1.807, 2.05) is 18.2 Å². The minimum Gasteiger partial charge on any atom is -0.447 e. The maximum absolute atomic E-state index is 10.4. The van der Waals surface area contributed by atoms with Crippen molar-refractivity contribution in [3.8, 4) is 18.2 Å². The van der Waals surface area contributed by atoms with Gasteiger partial charge in [-0.2, -0.15) is 15.8 Å². The second kappa shape index (κ2) is 7.42. The van der Waals surface area contributed by atoms with Crippen LogP contribution in [-0.2, 0) is 9.47 Å². The summed E-state index contributed by atoms with van der Waals surface area (Å²) in [6, 6.07) is 16.6. The molecule has 1 saturated carbocycles. The summed E-state index contributed by atoms with van der Waals surface area (Å²) < 4.78 is 12.4. The fraction of sp³-hybridized carbons (Fsp3) is 0.583. The highest BCUT2D eigenvalue weighted by molar-refractivity contribution is 5.89. The van der Waals surface area contributed by atoms with Crippen LogP contribution in [0.2, 0.25) is 0 Å². The normalized spacial score (nSPS) is 35.9. The van der Waals surface area contributed by atoms with E-state index < -0.39 is 28.6 Å². The summed E-state index contributed by atoms with van der Waals surface area (Å²) in [4.78, 5) is 0. The monoisotopic (exact) mass is 402 g/mol. The molecular weight excluding hydrogens is 376 g/mol. The van der Waals surface area contributed by atoms with E-state index in [-0.39, 0.29) is 11.8 Å². The molecule has 2 aliphatic heterocycles. The molecule has 1 aliphatic carbocycles. The minimum atomic E-state index is -1.75. The number of nitrogens with zero attached hydrogens (tertiary/aromatic N) is 3. The van der Waals surface area contributed by atoms with Gasteiger partial charge in [-0.3, -0.25) is 5.41 Å². The molecule has 5 unspecified atom stereocenters. The van der Waals surface area contributed by atoms with Gasteiger partial charge in [-0.1, -0.05) is 56.5 Å². The fourth-order valence-corrected chi connectivity index (χ4v) is 5.82. The van der Waals surface area contributed by atoms with Crippen molar-refractivity contribution in [3.05, 3.63) is 35.9 Å². The zero-order valence-corrected chi connectivity index (χ0v) is 17.2. The summed E-state index contributed by atoms with van der Waals surface area (Å²) >= 11 is 0. The number of benzene rings is 1. The summed E-state index contributed by atoms with van der Waals surface area (Å²) in [6.07, 6.45) is 4.42. The van der Waals surface area contributed by atoms with E-state index in [2.05, 4.69) is 37.3 Å². The lowest BCUT2D eigenvalue weighted by molar-refractivity contribution is -0.294. The summed E-state index contributed by atoms with van der Waals surface area (Å²) in [5, 5.41) is 39.4. The summed E-state index contributed by atoms with van der Waals surface area (Å²) in [6.45, 7) is 2.09. The van der Waals surface area contributed by atoms with Gasteiger partial charge in [0.05, 0.1) is 30.2 Å². The van der Waals surface area contributed by atoms with Gasteiger partial charge >= 0.3 is 0 Å². The maximum Gasteiger partial charge on any atom is 0.217 e. The van der Waals surface area contributed by atoms with Crippen LogP contribution in [0.15, 0.2) is 30.3 Å². The van der Waals surface area contributed by atoms with E-state index in [1.165, 1.54) is 0 Å². The number of nitrogens with one attached hydrogen (secondary N) is 1. The van der Waals surface area contributed by atoms with Crippen LogP contribution in [0.25, 0.3) is 0 Å². The van der Waals surface area contributed by atoms with Crippen molar-refractivity contribution in [1.29, 1.82) is 21.2 Å². The quantitative estimate of drug-likeness (QED) is 0.711. The number of hydrogen-bond donors (Lipinski definition) is 1. The Kier molecular flexibility index (Phi) is 5.05. The molecule has 5 atom stereocenters. The van der Waals surface area contributed by atoms with Crippen molar-refractivity contribution in [2.24, 2.45) is 16.7 Å². The van der Waals surface area contributed by atoms with E-state index in [1.54, 1.807) is 0 Å². The van der Waals surface area contributed by atoms with Crippen LogP contribution in [0, 0.1) is 56.2 Å². The van der Waals surface area contributed by atoms with E-state index in [0.29, 0.717) is 19.3 Å². The first-order valence-electron chi connectivity index (χ1n) is 10.8. The lowest BCUT2D eigenvalue weighted by atomic mass is 9.50. The van der Waals surface area contributed by atoms with Crippen LogP contribution >= 0.6 is 0 Å². The molecular formula is C24H26N4O2. The summed E-state index contributed by atoms with van der Waals surface area (Å²) in [5.74, 6) is -1.72. The first-order chi connectivity index (χ1) is 14.5. The van der Waals surface area contributed by atoms with Gasteiger partial charge in [0, 0.05) is 6.42 Å². The van der Waals surface area contributed by atoms with Crippen LogP contribution in [0.5, 0.6) is 0 Å². The van der Waals surface area contributed by atoms with E-state index in [4.69, 9.17) is 14.9 Å². The molecule has 0 aromatic heterocycles. The van der Waals surface area contributed by atoms with Crippen LogP contribution in [0.1, 0.15) is 63.4 Å². The van der Waals surface area contributed by atoms with Gasteiger partial charge in [-0.05, 0) is 30.7 Å². The molecule has 2 bridgehead atoms. The third-order valence-corrected chi connectivity index (χ3v) is 7.36. The van der Waals surface area contributed by atoms with E-state index >= 15 is 0 Å². The molecule has 2 heterocycles. The van der Waals surface area contributed by atoms with Gasteiger partial charge in [0.2, 0.25) is 11.7 Å². The Morgan fingerprint density at radius 2 is 1.83 bits per heavy atom. The molecule has 6 nitrogen and oxygen atoms in total. The fourth-order valence-electron chi connectivity index (χ4n) is 5.82. The Balaban J connectivity index is 1.79. The standard InChI is InChI=1S/C24H26N4O2/c1-2-3-5-10-20-22(14-25,15-26)23(16-27)19-13-18(17-8-6-4-7-9-17)11-12-24(19,29-20)30-21(23)28/h4,6-9,18-20,28H,2-3,5,10-13H2,1H3. The highest BCUT2D eigenvalue weighted by atomic mass is 16.7. The second-order valence-corrected chi connectivity index (χ2v) is 8.73. The van der Waals surface area contributed by atoms with Gasteiger partial charge in [0.15, 0.2) is 10.8 Å². The topological polar surface area (TPSA) is 114 Å². The Labute approximate surface area is 177 Å². The lowest BCUT2D eigenvalue weighted by Gasteiger charge is -2.52. The number of hydrogen-bond acceptors (Lipinski definition) is 6. The molecule has 1 N–H and O–H groups in total. The molecule has 154 valence electrons. The molecule has 2 saturated heterocycles. The van der Waals surface area contributed by atoms with Gasteiger partial charge in [-0.25, -0.2) is 0 Å². The minimum absolute atomic E-state index is 0.168. The van der Waals surface area contributed by atoms with Gasteiger partial charge in [0.1, 0.15) is 0 Å². The Bertz CT molecular complexity index is 942. The number of unbranched alkanes of at least 4 members (excludes halogenated alkanes) is 2. The van der Waals surface area contributed by atoms with E-state index in [9.17, 15) is 15.8 Å². The van der Waals surface area contributed by atoms with Crippen molar-refractivity contribution in [3.63, 3.8) is 0 Å². The van der Waals surface area contributed by atoms with Crippen molar-refractivity contribution in [1.82, 2.24) is 0 Å².